The molecule has 1 aliphatic carbocycles. The summed E-state index contributed by atoms with van der Waals surface area (Å²) < 4.78 is 13.1. The summed E-state index contributed by atoms with van der Waals surface area (Å²) in [6.45, 7) is 2.13. The SMILES string of the molecule is CC(O)CCNC(=O)NC(c1ccc(F)cc1)C1CCCC1. The first kappa shape index (κ1) is 16.7. The number of aliphatic hydroxyl groups is 1. The average molecular weight is 308 g/mol. The number of benzene rings is 1. The number of carbonyl (C=O) groups excluding carboxylic acids is 1. The topological polar surface area (TPSA) is 61.4 Å². The molecule has 0 aliphatic heterocycles. The Labute approximate surface area is 131 Å². The number of urea groups is 1. The molecule has 2 rings (SSSR count). The molecule has 0 saturated heterocycles. The fraction of sp³-hybridized carbons (Fsp3) is 0.588. The third-order valence-corrected chi connectivity index (χ3v) is 4.23. The van der Waals surface area contributed by atoms with Crippen LogP contribution in [-0.2, 0) is 0 Å². The monoisotopic (exact) mass is 308 g/mol. The Hall–Kier alpha value is -1.62. The molecule has 1 aromatic rings. The van der Waals surface area contributed by atoms with Gasteiger partial charge in [0, 0.05) is 6.54 Å². The smallest absolute Gasteiger partial charge is 0.315 e. The zero-order chi connectivity index (χ0) is 15.9. The molecule has 2 unspecified atom stereocenters. The highest BCUT2D eigenvalue weighted by Crippen LogP contribution is 2.35. The van der Waals surface area contributed by atoms with Crippen LogP contribution in [0.25, 0.3) is 0 Å². The Morgan fingerprint density at radius 1 is 1.32 bits per heavy atom. The van der Waals surface area contributed by atoms with Crippen molar-refractivity contribution < 1.29 is 14.3 Å². The number of carbonyl (C=O) groups is 1. The van der Waals surface area contributed by atoms with Crippen molar-refractivity contribution >= 4 is 6.03 Å². The van der Waals surface area contributed by atoms with Crippen LogP contribution in [0.2, 0.25) is 0 Å². The van der Waals surface area contributed by atoms with E-state index in [-0.39, 0.29) is 17.9 Å². The van der Waals surface area contributed by atoms with Gasteiger partial charge in [-0.3, -0.25) is 0 Å². The number of aliphatic hydroxyl groups excluding tert-OH is 1. The van der Waals surface area contributed by atoms with E-state index in [1.54, 1.807) is 19.1 Å². The number of nitrogens with one attached hydrogen (secondary N) is 2. The predicted octanol–water partition coefficient (Wildman–Crippen LogP) is 3.13. The van der Waals surface area contributed by atoms with E-state index in [0.717, 1.165) is 18.4 Å². The number of amides is 2. The lowest BCUT2D eigenvalue weighted by Gasteiger charge is -2.25. The van der Waals surface area contributed by atoms with Gasteiger partial charge in [-0.05, 0) is 49.8 Å². The van der Waals surface area contributed by atoms with Gasteiger partial charge < -0.3 is 15.7 Å². The normalized spacial score (nSPS) is 18.0. The van der Waals surface area contributed by atoms with Gasteiger partial charge in [-0.1, -0.05) is 25.0 Å². The van der Waals surface area contributed by atoms with Crippen LogP contribution in [0.15, 0.2) is 24.3 Å². The third kappa shape index (κ3) is 4.98. The zero-order valence-corrected chi connectivity index (χ0v) is 13.0. The molecular weight excluding hydrogens is 283 g/mol. The fourth-order valence-electron chi connectivity index (χ4n) is 3.02. The van der Waals surface area contributed by atoms with Crippen LogP contribution in [0.1, 0.15) is 50.6 Å². The van der Waals surface area contributed by atoms with Crippen LogP contribution in [0.4, 0.5) is 9.18 Å². The van der Waals surface area contributed by atoms with Crippen molar-refractivity contribution in [3.63, 3.8) is 0 Å². The first-order valence-electron chi connectivity index (χ1n) is 8.04. The Bertz CT molecular complexity index is 470. The molecule has 0 heterocycles. The summed E-state index contributed by atoms with van der Waals surface area (Å²) in [5.74, 6) is 0.128. The molecule has 3 N–H and O–H groups in total. The second-order valence-corrected chi connectivity index (χ2v) is 6.11. The highest BCUT2D eigenvalue weighted by atomic mass is 19.1. The number of halogens is 1. The highest BCUT2D eigenvalue weighted by molar-refractivity contribution is 5.74. The van der Waals surface area contributed by atoms with Crippen LogP contribution >= 0.6 is 0 Å². The minimum atomic E-state index is -0.428. The van der Waals surface area contributed by atoms with Gasteiger partial charge in [-0.2, -0.15) is 0 Å². The molecule has 0 bridgehead atoms. The standard InChI is InChI=1S/C17H25FN2O2/c1-12(21)10-11-19-17(22)20-16(13-4-2-3-5-13)14-6-8-15(18)9-7-14/h6-9,12-13,16,21H,2-5,10-11H2,1H3,(H2,19,20,22). The minimum Gasteiger partial charge on any atom is -0.393 e. The molecule has 5 heteroatoms. The second kappa shape index (κ2) is 8.13. The van der Waals surface area contributed by atoms with E-state index in [1.807, 2.05) is 0 Å². The van der Waals surface area contributed by atoms with Gasteiger partial charge in [0.15, 0.2) is 0 Å². The van der Waals surface area contributed by atoms with Gasteiger partial charge in [0.1, 0.15) is 5.82 Å². The van der Waals surface area contributed by atoms with Crippen LogP contribution < -0.4 is 10.6 Å². The van der Waals surface area contributed by atoms with Crippen LogP contribution in [-0.4, -0.2) is 23.8 Å². The molecule has 1 aliphatic rings. The second-order valence-electron chi connectivity index (χ2n) is 6.11. The molecule has 1 aromatic carbocycles. The summed E-state index contributed by atoms with van der Waals surface area (Å²) in [5, 5.41) is 15.0. The molecule has 122 valence electrons. The van der Waals surface area contributed by atoms with Crippen molar-refractivity contribution in [3.8, 4) is 0 Å². The maximum atomic E-state index is 13.1. The lowest BCUT2D eigenvalue weighted by atomic mass is 9.91. The van der Waals surface area contributed by atoms with Gasteiger partial charge >= 0.3 is 6.03 Å². The average Bonchev–Trinajstić information content (AvgIpc) is 2.99. The van der Waals surface area contributed by atoms with E-state index in [9.17, 15) is 14.3 Å². The molecule has 0 radical (unpaired) electrons. The van der Waals surface area contributed by atoms with E-state index in [2.05, 4.69) is 10.6 Å². The van der Waals surface area contributed by atoms with Crippen molar-refractivity contribution in [1.82, 2.24) is 10.6 Å². The van der Waals surface area contributed by atoms with Gasteiger partial charge in [0.2, 0.25) is 0 Å². The molecule has 2 atom stereocenters. The lowest BCUT2D eigenvalue weighted by molar-refractivity contribution is 0.182. The van der Waals surface area contributed by atoms with E-state index in [4.69, 9.17) is 0 Å². The first-order valence-corrected chi connectivity index (χ1v) is 8.04. The summed E-state index contributed by atoms with van der Waals surface area (Å²) >= 11 is 0. The van der Waals surface area contributed by atoms with Gasteiger partial charge in [0.25, 0.3) is 0 Å². The Kier molecular flexibility index (Phi) is 6.19. The summed E-state index contributed by atoms with van der Waals surface area (Å²) in [7, 11) is 0. The summed E-state index contributed by atoms with van der Waals surface area (Å²) in [6.07, 6.45) is 4.61. The van der Waals surface area contributed by atoms with E-state index < -0.39 is 6.10 Å². The maximum Gasteiger partial charge on any atom is 0.315 e. The van der Waals surface area contributed by atoms with Crippen molar-refractivity contribution in [3.05, 3.63) is 35.6 Å². The summed E-state index contributed by atoms with van der Waals surface area (Å²) in [5.41, 5.74) is 0.943. The van der Waals surface area contributed by atoms with E-state index in [1.165, 1.54) is 25.0 Å². The molecule has 4 nitrogen and oxygen atoms in total. The largest absolute Gasteiger partial charge is 0.393 e. The van der Waals surface area contributed by atoms with Crippen molar-refractivity contribution in [2.24, 2.45) is 5.92 Å². The summed E-state index contributed by atoms with van der Waals surface area (Å²) in [6, 6.07) is 6.04. The van der Waals surface area contributed by atoms with E-state index >= 15 is 0 Å². The predicted molar refractivity (Wildman–Crippen MR) is 83.9 cm³/mol. The van der Waals surface area contributed by atoms with E-state index in [0.29, 0.717) is 18.9 Å². The van der Waals surface area contributed by atoms with Crippen LogP contribution in [0.3, 0.4) is 0 Å². The lowest BCUT2D eigenvalue weighted by Crippen LogP contribution is -2.41. The molecular formula is C17H25FN2O2. The van der Waals surface area contributed by atoms with Crippen molar-refractivity contribution in [2.45, 2.75) is 51.2 Å². The minimum absolute atomic E-state index is 0.0883. The Morgan fingerprint density at radius 3 is 2.55 bits per heavy atom. The van der Waals surface area contributed by atoms with Crippen LogP contribution in [0, 0.1) is 11.7 Å². The van der Waals surface area contributed by atoms with Crippen molar-refractivity contribution in [2.75, 3.05) is 6.54 Å². The quantitative estimate of drug-likeness (QED) is 0.756. The molecule has 2 amide bonds. The van der Waals surface area contributed by atoms with Gasteiger partial charge in [-0.15, -0.1) is 0 Å². The summed E-state index contributed by atoms with van der Waals surface area (Å²) in [4.78, 5) is 12.1. The molecule has 0 spiro atoms. The maximum absolute atomic E-state index is 13.1. The number of hydrogen-bond acceptors (Lipinski definition) is 2. The molecule has 1 saturated carbocycles. The van der Waals surface area contributed by atoms with Crippen LogP contribution in [0.5, 0.6) is 0 Å². The highest BCUT2D eigenvalue weighted by Gasteiger charge is 2.27. The third-order valence-electron chi connectivity index (χ3n) is 4.23. The zero-order valence-electron chi connectivity index (χ0n) is 13.0. The molecule has 22 heavy (non-hydrogen) atoms. The molecule has 0 aromatic heterocycles. The first-order chi connectivity index (χ1) is 10.6. The number of hydrogen-bond donors (Lipinski definition) is 3. The number of rotatable bonds is 6. The Morgan fingerprint density at radius 2 is 1.95 bits per heavy atom. The Balaban J connectivity index is 1.98. The van der Waals surface area contributed by atoms with Crippen molar-refractivity contribution in [1.29, 1.82) is 0 Å². The van der Waals surface area contributed by atoms with Gasteiger partial charge in [0.05, 0.1) is 12.1 Å². The van der Waals surface area contributed by atoms with Gasteiger partial charge in [-0.25, -0.2) is 9.18 Å². The fourth-order valence-corrected chi connectivity index (χ4v) is 3.02. The molecule has 1 fully saturated rings.